The maximum absolute atomic E-state index is 12.5. The normalized spacial score (nSPS) is 10.8. The van der Waals surface area contributed by atoms with Gasteiger partial charge in [-0.1, -0.05) is 18.2 Å². The van der Waals surface area contributed by atoms with Crippen molar-refractivity contribution in [2.24, 2.45) is 5.73 Å². The first kappa shape index (κ1) is 21.1. The minimum Gasteiger partial charge on any atom is -0.481 e. The van der Waals surface area contributed by atoms with Gasteiger partial charge in [0.25, 0.3) is 5.91 Å². The number of carbonyl (C=O) groups excluding carboxylic acids is 1. The predicted octanol–water partition coefficient (Wildman–Crippen LogP) is 3.69. The van der Waals surface area contributed by atoms with E-state index in [0.29, 0.717) is 30.8 Å². The molecule has 0 radical (unpaired) electrons. The largest absolute Gasteiger partial charge is 0.481 e. The number of aromatic nitrogens is 2. The van der Waals surface area contributed by atoms with Crippen molar-refractivity contribution in [1.82, 2.24) is 15.3 Å². The SMILES string of the molecule is COc1ccc(-c2ccc(C(=O)NCCc3ccc4[nH]cc(CC(=N)N)c4c3)cc2)cn1. The summed E-state index contributed by atoms with van der Waals surface area (Å²) in [6, 6.07) is 17.3. The number of amides is 1. The molecule has 4 rings (SSSR count). The summed E-state index contributed by atoms with van der Waals surface area (Å²) in [5.41, 5.74) is 11.2. The first-order valence-corrected chi connectivity index (χ1v) is 10.3. The number of carbonyl (C=O) groups is 1. The number of fused-ring (bicyclic) bond motifs is 1. The molecule has 0 aliphatic carbocycles. The van der Waals surface area contributed by atoms with Gasteiger partial charge in [0, 0.05) is 53.5 Å². The molecule has 162 valence electrons. The van der Waals surface area contributed by atoms with Crippen molar-refractivity contribution < 1.29 is 9.53 Å². The van der Waals surface area contributed by atoms with E-state index < -0.39 is 0 Å². The molecule has 7 heteroatoms. The Morgan fingerprint density at radius 2 is 1.91 bits per heavy atom. The smallest absolute Gasteiger partial charge is 0.251 e. The Hall–Kier alpha value is -4.13. The standard InChI is InChI=1S/C25H25N5O2/c1-32-24-9-7-19(14-30-24)17-3-5-18(6-4-17)25(31)28-11-10-16-2-8-22-21(12-16)20(15-29-22)13-23(26)27/h2-9,12,14-15,29H,10-11,13H2,1H3,(H3,26,27)(H,28,31). The summed E-state index contributed by atoms with van der Waals surface area (Å²) >= 11 is 0. The Morgan fingerprint density at radius 1 is 1.12 bits per heavy atom. The van der Waals surface area contributed by atoms with Gasteiger partial charge >= 0.3 is 0 Å². The predicted molar refractivity (Wildman–Crippen MR) is 126 cm³/mol. The second-order valence-corrected chi connectivity index (χ2v) is 7.57. The number of aromatic amines is 1. The van der Waals surface area contributed by atoms with Gasteiger partial charge in [-0.15, -0.1) is 0 Å². The summed E-state index contributed by atoms with van der Waals surface area (Å²) in [6.45, 7) is 0.529. The number of rotatable bonds is 8. The lowest BCUT2D eigenvalue weighted by Crippen LogP contribution is -2.25. The van der Waals surface area contributed by atoms with E-state index in [1.807, 2.05) is 54.7 Å². The van der Waals surface area contributed by atoms with E-state index in [1.54, 1.807) is 13.3 Å². The molecule has 0 bridgehead atoms. The second-order valence-electron chi connectivity index (χ2n) is 7.57. The Morgan fingerprint density at radius 3 is 2.59 bits per heavy atom. The number of methoxy groups -OCH3 is 1. The monoisotopic (exact) mass is 427 g/mol. The highest BCUT2D eigenvalue weighted by Crippen LogP contribution is 2.22. The van der Waals surface area contributed by atoms with Crippen LogP contribution in [0.5, 0.6) is 5.88 Å². The van der Waals surface area contributed by atoms with Gasteiger partial charge in [-0.05, 0) is 53.4 Å². The summed E-state index contributed by atoms with van der Waals surface area (Å²) in [5.74, 6) is 0.595. The fraction of sp³-hybridized carbons (Fsp3) is 0.160. The molecule has 1 amide bonds. The Kier molecular flexibility index (Phi) is 6.17. The molecule has 7 nitrogen and oxygen atoms in total. The summed E-state index contributed by atoms with van der Waals surface area (Å²) < 4.78 is 5.08. The van der Waals surface area contributed by atoms with Crippen molar-refractivity contribution in [3.63, 3.8) is 0 Å². The van der Waals surface area contributed by atoms with Gasteiger partial charge in [0.05, 0.1) is 12.9 Å². The van der Waals surface area contributed by atoms with Gasteiger partial charge < -0.3 is 20.8 Å². The lowest BCUT2D eigenvalue weighted by Gasteiger charge is -2.08. The van der Waals surface area contributed by atoms with Crippen molar-refractivity contribution in [3.05, 3.63) is 83.7 Å². The van der Waals surface area contributed by atoms with Gasteiger partial charge in [0.1, 0.15) is 0 Å². The van der Waals surface area contributed by atoms with E-state index >= 15 is 0 Å². The molecule has 0 fully saturated rings. The minimum absolute atomic E-state index is 0.107. The second kappa shape index (κ2) is 9.34. The van der Waals surface area contributed by atoms with Crippen molar-refractivity contribution in [2.75, 3.05) is 13.7 Å². The van der Waals surface area contributed by atoms with Gasteiger partial charge in [-0.3, -0.25) is 10.2 Å². The first-order chi connectivity index (χ1) is 15.5. The minimum atomic E-state index is -0.107. The summed E-state index contributed by atoms with van der Waals surface area (Å²) in [4.78, 5) is 20.0. The van der Waals surface area contributed by atoms with Crippen LogP contribution in [0.1, 0.15) is 21.5 Å². The number of hydrogen-bond acceptors (Lipinski definition) is 4. The third kappa shape index (κ3) is 4.78. The average molecular weight is 428 g/mol. The highest BCUT2D eigenvalue weighted by atomic mass is 16.5. The van der Waals surface area contributed by atoms with Crippen LogP contribution in [0.2, 0.25) is 0 Å². The third-order valence-corrected chi connectivity index (χ3v) is 5.34. The van der Waals surface area contributed by atoms with Gasteiger partial charge in [-0.25, -0.2) is 4.98 Å². The highest BCUT2D eigenvalue weighted by Gasteiger charge is 2.08. The molecule has 0 spiro atoms. The quantitative estimate of drug-likeness (QED) is 0.253. The summed E-state index contributed by atoms with van der Waals surface area (Å²) in [6.07, 6.45) is 4.77. The zero-order valence-corrected chi connectivity index (χ0v) is 17.8. The van der Waals surface area contributed by atoms with Crippen molar-refractivity contribution in [1.29, 1.82) is 5.41 Å². The molecule has 4 aromatic rings. The zero-order valence-electron chi connectivity index (χ0n) is 17.8. The molecule has 0 aliphatic heterocycles. The van der Waals surface area contributed by atoms with Crippen LogP contribution in [0.15, 0.2) is 67.0 Å². The number of H-pyrrole nitrogens is 1. The van der Waals surface area contributed by atoms with Gasteiger partial charge in [0.2, 0.25) is 5.88 Å². The zero-order chi connectivity index (χ0) is 22.5. The summed E-state index contributed by atoms with van der Waals surface area (Å²) in [7, 11) is 1.58. The Bertz CT molecular complexity index is 1240. The molecule has 0 saturated carbocycles. The van der Waals surface area contributed by atoms with E-state index in [1.165, 1.54) is 0 Å². The lowest BCUT2D eigenvalue weighted by atomic mass is 10.0. The van der Waals surface area contributed by atoms with Crippen LogP contribution in [0, 0.1) is 5.41 Å². The third-order valence-electron chi connectivity index (χ3n) is 5.34. The number of nitrogens with one attached hydrogen (secondary N) is 3. The van der Waals surface area contributed by atoms with Crippen LogP contribution < -0.4 is 15.8 Å². The van der Waals surface area contributed by atoms with E-state index in [-0.39, 0.29) is 11.7 Å². The van der Waals surface area contributed by atoms with E-state index in [0.717, 1.165) is 33.2 Å². The van der Waals surface area contributed by atoms with Crippen molar-refractivity contribution in [2.45, 2.75) is 12.8 Å². The van der Waals surface area contributed by atoms with E-state index in [4.69, 9.17) is 15.9 Å². The molecule has 0 aliphatic rings. The van der Waals surface area contributed by atoms with E-state index in [2.05, 4.69) is 21.4 Å². The number of hydrogen-bond donors (Lipinski definition) is 4. The maximum atomic E-state index is 12.5. The van der Waals surface area contributed by atoms with Crippen molar-refractivity contribution in [3.8, 4) is 17.0 Å². The first-order valence-electron chi connectivity index (χ1n) is 10.3. The van der Waals surface area contributed by atoms with Crippen LogP contribution in [0.25, 0.3) is 22.0 Å². The van der Waals surface area contributed by atoms with Crippen LogP contribution in [-0.2, 0) is 12.8 Å². The number of pyridine rings is 1. The summed E-state index contributed by atoms with van der Waals surface area (Å²) in [5, 5.41) is 11.6. The lowest BCUT2D eigenvalue weighted by molar-refractivity contribution is 0.0954. The molecular weight excluding hydrogens is 402 g/mol. The molecule has 2 aromatic heterocycles. The molecule has 0 saturated heterocycles. The van der Waals surface area contributed by atoms with Gasteiger partial charge in [0.15, 0.2) is 0 Å². The maximum Gasteiger partial charge on any atom is 0.251 e. The fourth-order valence-electron chi connectivity index (χ4n) is 3.64. The Balaban J connectivity index is 1.36. The van der Waals surface area contributed by atoms with Crippen molar-refractivity contribution >= 4 is 22.6 Å². The van der Waals surface area contributed by atoms with Crippen LogP contribution in [-0.4, -0.2) is 35.4 Å². The number of nitrogens with two attached hydrogens (primary N) is 1. The molecule has 5 N–H and O–H groups in total. The van der Waals surface area contributed by atoms with Crippen LogP contribution >= 0.6 is 0 Å². The highest BCUT2D eigenvalue weighted by molar-refractivity contribution is 5.94. The van der Waals surface area contributed by atoms with E-state index in [9.17, 15) is 4.79 Å². The average Bonchev–Trinajstić information content (AvgIpc) is 3.20. The molecule has 2 heterocycles. The molecule has 0 unspecified atom stereocenters. The number of amidine groups is 1. The van der Waals surface area contributed by atoms with Crippen LogP contribution in [0.4, 0.5) is 0 Å². The fourth-order valence-corrected chi connectivity index (χ4v) is 3.64. The topological polar surface area (TPSA) is 117 Å². The molecule has 32 heavy (non-hydrogen) atoms. The molecule has 2 aromatic carbocycles. The van der Waals surface area contributed by atoms with Crippen LogP contribution in [0.3, 0.4) is 0 Å². The molecular formula is C25H25N5O2. The number of nitrogens with zero attached hydrogens (tertiary/aromatic N) is 1. The number of benzene rings is 2. The number of ether oxygens (including phenoxy) is 1. The van der Waals surface area contributed by atoms with Gasteiger partial charge in [-0.2, -0.15) is 0 Å². The Labute approximate surface area is 186 Å². The molecule has 0 atom stereocenters.